The summed E-state index contributed by atoms with van der Waals surface area (Å²) in [5.74, 6) is 2.75. The SMILES string of the molecule is COCCOCCOCCO[C@@H]1CSSC[C@H]1OP(O[C@H]1[C@@H](OC)[C@H](n2ccc(=O)[nH]c2=O)O[C@@H]1COC(c1ccccc1)(c1ccc(OC)cc1)c1ccc(OC)cc1)N(C(C)C)C(C)C. The third-order valence-corrected chi connectivity index (χ3v) is 15.9. The quantitative estimate of drug-likeness (QED) is 0.0280. The van der Waals surface area contributed by atoms with E-state index in [-0.39, 0.29) is 30.9 Å². The monoisotopic (exact) mass is 987 g/mol. The largest absolute Gasteiger partial charge is 0.497 e. The Morgan fingerprint density at radius 3 is 1.84 bits per heavy atom. The lowest BCUT2D eigenvalue weighted by atomic mass is 9.80. The van der Waals surface area contributed by atoms with Crippen LogP contribution in [0, 0.1) is 0 Å². The minimum Gasteiger partial charge on any atom is -0.497 e. The molecular formula is C48H66N3O13PS2. The van der Waals surface area contributed by atoms with Gasteiger partial charge in [-0.15, -0.1) is 0 Å². The minimum atomic E-state index is -1.85. The topological polar surface area (TPSA) is 160 Å². The second-order valence-electron chi connectivity index (χ2n) is 16.3. The molecule has 6 rings (SSSR count). The molecule has 0 amide bonds. The lowest BCUT2D eigenvalue weighted by molar-refractivity contribution is -0.0963. The van der Waals surface area contributed by atoms with E-state index < -0.39 is 49.9 Å². The van der Waals surface area contributed by atoms with Crippen molar-refractivity contribution in [2.24, 2.45) is 0 Å². The van der Waals surface area contributed by atoms with Crippen LogP contribution in [0.15, 0.2) is 101 Å². The summed E-state index contributed by atoms with van der Waals surface area (Å²) in [6.45, 7) is 11.2. The highest BCUT2D eigenvalue weighted by Crippen LogP contribution is 2.53. The molecular weight excluding hydrogens is 922 g/mol. The summed E-state index contributed by atoms with van der Waals surface area (Å²) in [5.41, 5.74) is 0.120. The number of methoxy groups -OCH3 is 4. The van der Waals surface area contributed by atoms with Crippen LogP contribution in [0.1, 0.15) is 50.6 Å². The zero-order valence-electron chi connectivity index (χ0n) is 39.6. The predicted octanol–water partition coefficient (Wildman–Crippen LogP) is 7.05. The van der Waals surface area contributed by atoms with Crippen molar-refractivity contribution in [3.05, 3.63) is 129 Å². The number of rotatable bonds is 27. The Labute approximate surface area is 402 Å². The molecule has 1 N–H and O–H groups in total. The maximum absolute atomic E-state index is 13.5. The maximum Gasteiger partial charge on any atom is 0.330 e. The Morgan fingerprint density at radius 2 is 1.28 bits per heavy atom. The van der Waals surface area contributed by atoms with E-state index in [1.807, 2.05) is 78.9 Å². The highest BCUT2D eigenvalue weighted by atomic mass is 33.1. The van der Waals surface area contributed by atoms with E-state index in [0.717, 1.165) is 16.7 Å². The molecule has 1 aromatic heterocycles. The molecule has 3 heterocycles. The number of nitrogens with one attached hydrogen (secondary N) is 1. The molecule has 2 fully saturated rings. The van der Waals surface area contributed by atoms with E-state index >= 15 is 0 Å². The number of hydrogen-bond donors (Lipinski definition) is 1. The molecule has 2 saturated heterocycles. The van der Waals surface area contributed by atoms with Crippen molar-refractivity contribution >= 4 is 30.1 Å². The summed E-state index contributed by atoms with van der Waals surface area (Å²) in [6.07, 6.45) is -2.75. The van der Waals surface area contributed by atoms with Gasteiger partial charge in [0.2, 0.25) is 0 Å². The number of aromatic nitrogens is 2. The summed E-state index contributed by atoms with van der Waals surface area (Å²) in [6, 6.07) is 26.8. The van der Waals surface area contributed by atoms with Crippen molar-refractivity contribution in [3.63, 3.8) is 0 Å². The molecule has 3 aromatic carbocycles. The van der Waals surface area contributed by atoms with Crippen molar-refractivity contribution in [3.8, 4) is 11.5 Å². The van der Waals surface area contributed by atoms with Crippen LogP contribution in [0.5, 0.6) is 11.5 Å². The Morgan fingerprint density at radius 1 is 0.716 bits per heavy atom. The van der Waals surface area contributed by atoms with Gasteiger partial charge in [-0.2, -0.15) is 0 Å². The van der Waals surface area contributed by atoms with E-state index in [1.165, 1.54) is 16.8 Å². The lowest BCUT2D eigenvalue weighted by Gasteiger charge is -2.42. The van der Waals surface area contributed by atoms with E-state index in [2.05, 4.69) is 37.3 Å². The van der Waals surface area contributed by atoms with Gasteiger partial charge in [0.05, 0.1) is 66.6 Å². The molecule has 0 saturated carbocycles. The van der Waals surface area contributed by atoms with E-state index in [4.69, 9.17) is 51.7 Å². The second kappa shape index (κ2) is 26.6. The highest BCUT2D eigenvalue weighted by molar-refractivity contribution is 8.76. The van der Waals surface area contributed by atoms with Crippen molar-refractivity contribution < 1.29 is 51.7 Å². The fourth-order valence-electron chi connectivity index (χ4n) is 8.10. The van der Waals surface area contributed by atoms with Gasteiger partial charge in [0.1, 0.15) is 41.5 Å². The molecule has 4 aromatic rings. The van der Waals surface area contributed by atoms with Crippen molar-refractivity contribution in [1.82, 2.24) is 14.2 Å². The van der Waals surface area contributed by atoms with Gasteiger partial charge in [-0.3, -0.25) is 14.3 Å². The van der Waals surface area contributed by atoms with Gasteiger partial charge in [-0.25, -0.2) is 9.46 Å². The molecule has 19 heteroatoms. The van der Waals surface area contributed by atoms with Crippen LogP contribution in [0.3, 0.4) is 0 Å². The first-order valence-corrected chi connectivity index (χ1v) is 26.1. The smallest absolute Gasteiger partial charge is 0.330 e. The third kappa shape index (κ3) is 13.7. The summed E-state index contributed by atoms with van der Waals surface area (Å²) >= 11 is 0. The first-order valence-electron chi connectivity index (χ1n) is 22.4. The molecule has 368 valence electrons. The van der Waals surface area contributed by atoms with E-state index in [1.54, 1.807) is 50.0 Å². The van der Waals surface area contributed by atoms with Crippen LogP contribution < -0.4 is 20.7 Å². The molecule has 0 spiro atoms. The van der Waals surface area contributed by atoms with Gasteiger partial charge in [-0.05, 0) is 68.7 Å². The van der Waals surface area contributed by atoms with Crippen molar-refractivity contribution in [1.29, 1.82) is 0 Å². The van der Waals surface area contributed by atoms with Gasteiger partial charge in [-0.1, -0.05) is 76.2 Å². The Balaban J connectivity index is 1.36. The van der Waals surface area contributed by atoms with Crippen LogP contribution in [0.4, 0.5) is 0 Å². The Hall–Kier alpha value is -3.33. The van der Waals surface area contributed by atoms with Gasteiger partial charge >= 0.3 is 5.69 Å². The molecule has 67 heavy (non-hydrogen) atoms. The molecule has 0 radical (unpaired) electrons. The molecule has 0 bridgehead atoms. The zero-order valence-corrected chi connectivity index (χ0v) is 42.1. The Kier molecular flexibility index (Phi) is 21.0. The molecule has 16 nitrogen and oxygen atoms in total. The van der Waals surface area contributed by atoms with Gasteiger partial charge < -0.3 is 51.7 Å². The molecule has 7 atom stereocenters. The van der Waals surface area contributed by atoms with Crippen LogP contribution >= 0.6 is 30.1 Å². The standard InChI is InChI=1S/C48H66N3O13PS2/c1-33(2)51(34(3)4)65(63-42-32-67-66-31-41(42)60-29-28-59-27-26-58-25-24-54-5)64-44-40(62-46(45(44)57-8)50-23-22-43(52)49-47(50)53)30-61-48(35-12-10-9-11-13-35,36-14-18-38(55-6)19-15-36)37-16-20-39(56-7)21-17-37/h9-23,33-34,40-42,44-46H,24-32H2,1-8H3,(H,49,52,53)/t40-,41-,42-,44-,45-,46-,65?/m1/s1. The fraction of sp³-hybridized carbons (Fsp3) is 0.542. The van der Waals surface area contributed by atoms with Gasteiger partial charge in [0.25, 0.3) is 14.1 Å². The second-order valence-corrected chi connectivity index (χ2v) is 20.2. The van der Waals surface area contributed by atoms with E-state index in [9.17, 15) is 9.59 Å². The van der Waals surface area contributed by atoms with Gasteiger partial charge in [0.15, 0.2) is 6.23 Å². The number of aromatic amines is 1. The number of ether oxygens (including phenoxy) is 9. The number of hydrogen-bond acceptors (Lipinski definition) is 16. The van der Waals surface area contributed by atoms with Crippen LogP contribution in [0.25, 0.3) is 0 Å². The predicted molar refractivity (Wildman–Crippen MR) is 261 cm³/mol. The number of H-pyrrole nitrogens is 1. The molecule has 2 aliphatic rings. The number of nitrogens with zero attached hydrogens (tertiary/aromatic N) is 2. The summed E-state index contributed by atoms with van der Waals surface area (Å²) < 4.78 is 72.5. The highest BCUT2D eigenvalue weighted by Gasteiger charge is 2.52. The van der Waals surface area contributed by atoms with Crippen LogP contribution in [0.2, 0.25) is 0 Å². The van der Waals surface area contributed by atoms with Crippen LogP contribution in [-0.4, -0.2) is 143 Å². The molecule has 2 aliphatic heterocycles. The average Bonchev–Trinajstić information content (AvgIpc) is 3.68. The third-order valence-electron chi connectivity index (χ3n) is 11.3. The maximum atomic E-state index is 13.5. The Bertz CT molecular complexity index is 2110. The fourth-order valence-corrected chi connectivity index (χ4v) is 12.6. The summed E-state index contributed by atoms with van der Waals surface area (Å²) in [7, 11) is 8.08. The zero-order chi connectivity index (χ0) is 47.8. The van der Waals surface area contributed by atoms with Gasteiger partial charge in [0, 0.05) is 50.1 Å². The van der Waals surface area contributed by atoms with E-state index in [0.29, 0.717) is 62.6 Å². The summed E-state index contributed by atoms with van der Waals surface area (Å²) in [4.78, 5) is 28.2. The van der Waals surface area contributed by atoms with Crippen LogP contribution in [-0.2, 0) is 47.8 Å². The lowest BCUT2D eigenvalue weighted by Crippen LogP contribution is -2.45. The van der Waals surface area contributed by atoms with Crippen molar-refractivity contribution in [2.75, 3.05) is 86.2 Å². The normalized spacial score (nSPS) is 21.6. The summed E-state index contributed by atoms with van der Waals surface area (Å²) in [5, 5.41) is 0. The molecule has 0 aliphatic carbocycles. The first kappa shape index (κ1) is 53.0. The first-order chi connectivity index (χ1) is 32.5. The average molecular weight is 988 g/mol. The number of benzene rings is 3. The minimum absolute atomic E-state index is 0.00196. The van der Waals surface area contributed by atoms with Crippen molar-refractivity contribution in [2.45, 2.75) is 82.1 Å². The molecule has 1 unspecified atom stereocenters.